The van der Waals surface area contributed by atoms with Crippen molar-refractivity contribution in [3.05, 3.63) is 48.5 Å². The van der Waals surface area contributed by atoms with Crippen molar-refractivity contribution in [1.29, 1.82) is 0 Å². The van der Waals surface area contributed by atoms with Crippen molar-refractivity contribution in [1.82, 2.24) is 5.32 Å². The highest BCUT2D eigenvalue weighted by molar-refractivity contribution is 6.01. The average Bonchev–Trinajstić information content (AvgIpc) is 3.09. The smallest absolute Gasteiger partial charge is 0.323 e. The summed E-state index contributed by atoms with van der Waals surface area (Å²) in [4.78, 5) is 36.9. The van der Waals surface area contributed by atoms with Gasteiger partial charge in [-0.15, -0.1) is 0 Å². The second-order valence-corrected chi connectivity index (χ2v) is 5.99. The Hall–Kier alpha value is -3.55. The molecule has 0 bridgehead atoms. The third kappa shape index (κ3) is 4.75. The van der Waals surface area contributed by atoms with Crippen molar-refractivity contribution in [2.75, 3.05) is 33.9 Å². The fourth-order valence-corrected chi connectivity index (χ4v) is 2.65. The lowest BCUT2D eigenvalue weighted by molar-refractivity contribution is -0.115. The number of urea groups is 2. The zero-order valence-corrected chi connectivity index (χ0v) is 14.9. The van der Waals surface area contributed by atoms with Crippen LogP contribution in [-0.2, 0) is 4.79 Å². The summed E-state index contributed by atoms with van der Waals surface area (Å²) in [5, 5.41) is 11.0. The van der Waals surface area contributed by atoms with Gasteiger partial charge < -0.3 is 21.3 Å². The Morgan fingerprint density at radius 2 is 1.67 bits per heavy atom. The molecule has 0 unspecified atom stereocenters. The molecule has 5 amide bonds. The van der Waals surface area contributed by atoms with Gasteiger partial charge in [-0.05, 0) is 42.5 Å². The predicted molar refractivity (Wildman–Crippen MR) is 105 cm³/mol. The van der Waals surface area contributed by atoms with Crippen LogP contribution in [0.4, 0.5) is 32.3 Å². The van der Waals surface area contributed by atoms with Gasteiger partial charge in [0, 0.05) is 42.3 Å². The first-order valence-corrected chi connectivity index (χ1v) is 8.68. The maximum absolute atomic E-state index is 12.2. The van der Waals surface area contributed by atoms with Crippen molar-refractivity contribution in [2.45, 2.75) is 13.3 Å². The van der Waals surface area contributed by atoms with Crippen LogP contribution in [-0.4, -0.2) is 31.1 Å². The standard InChI is InChI=1S/C19H21N5O3/c1-2-17(25)21-13-6-8-14(9-7-13)22-18(26)23-15-4-3-5-16(12-15)24-11-10-20-19(24)27/h3-9,12H,2,10-11H2,1H3,(H,20,27)(H,21,25)(H2,22,23,26). The zero-order chi connectivity index (χ0) is 19.2. The lowest BCUT2D eigenvalue weighted by Gasteiger charge is -2.15. The molecular formula is C19H21N5O3. The molecule has 140 valence electrons. The fraction of sp³-hybridized carbons (Fsp3) is 0.211. The molecule has 3 rings (SSSR count). The molecule has 4 N–H and O–H groups in total. The second kappa shape index (κ2) is 8.22. The molecule has 1 saturated heterocycles. The highest BCUT2D eigenvalue weighted by Crippen LogP contribution is 2.21. The Bertz CT molecular complexity index is 851. The number of benzene rings is 2. The minimum atomic E-state index is -0.400. The number of nitrogens with zero attached hydrogens (tertiary/aromatic N) is 1. The molecule has 27 heavy (non-hydrogen) atoms. The summed E-state index contributed by atoms with van der Waals surface area (Å²) in [5.74, 6) is -0.0694. The summed E-state index contributed by atoms with van der Waals surface area (Å²) in [6.45, 7) is 2.97. The van der Waals surface area contributed by atoms with Crippen LogP contribution in [0.15, 0.2) is 48.5 Å². The first-order valence-electron chi connectivity index (χ1n) is 8.68. The van der Waals surface area contributed by atoms with Crippen LogP contribution in [0.5, 0.6) is 0 Å². The summed E-state index contributed by atoms with van der Waals surface area (Å²) in [7, 11) is 0. The van der Waals surface area contributed by atoms with E-state index >= 15 is 0 Å². The van der Waals surface area contributed by atoms with Gasteiger partial charge in [0.1, 0.15) is 0 Å². The van der Waals surface area contributed by atoms with Crippen LogP contribution in [0.1, 0.15) is 13.3 Å². The van der Waals surface area contributed by atoms with Crippen LogP contribution in [0.2, 0.25) is 0 Å². The van der Waals surface area contributed by atoms with Crippen LogP contribution < -0.4 is 26.2 Å². The summed E-state index contributed by atoms with van der Waals surface area (Å²) in [5.41, 5.74) is 2.57. The molecule has 1 aliphatic rings. The lowest BCUT2D eigenvalue weighted by Crippen LogP contribution is -2.27. The van der Waals surface area contributed by atoms with E-state index in [-0.39, 0.29) is 11.9 Å². The van der Waals surface area contributed by atoms with Gasteiger partial charge in [-0.2, -0.15) is 0 Å². The van der Waals surface area contributed by atoms with Crippen LogP contribution in [0.25, 0.3) is 0 Å². The minimum absolute atomic E-state index is 0.0694. The molecule has 0 aliphatic carbocycles. The maximum Gasteiger partial charge on any atom is 0.323 e. The third-order valence-corrected chi connectivity index (χ3v) is 4.02. The highest BCUT2D eigenvalue weighted by Gasteiger charge is 2.21. The van der Waals surface area contributed by atoms with Crippen LogP contribution >= 0.6 is 0 Å². The fourth-order valence-electron chi connectivity index (χ4n) is 2.65. The molecular weight excluding hydrogens is 346 g/mol. The molecule has 1 heterocycles. The van der Waals surface area contributed by atoms with E-state index in [1.807, 2.05) is 6.07 Å². The Kier molecular flexibility index (Phi) is 5.55. The van der Waals surface area contributed by atoms with E-state index in [9.17, 15) is 14.4 Å². The van der Waals surface area contributed by atoms with Gasteiger partial charge in [0.05, 0.1) is 0 Å². The van der Waals surface area contributed by atoms with Crippen LogP contribution in [0, 0.1) is 0 Å². The summed E-state index contributed by atoms with van der Waals surface area (Å²) < 4.78 is 0. The summed E-state index contributed by atoms with van der Waals surface area (Å²) in [6.07, 6.45) is 0.403. The molecule has 1 aliphatic heterocycles. The third-order valence-electron chi connectivity index (χ3n) is 4.02. The van der Waals surface area contributed by atoms with E-state index in [0.717, 1.165) is 5.69 Å². The molecule has 1 fully saturated rings. The van der Waals surface area contributed by atoms with E-state index < -0.39 is 6.03 Å². The molecule has 2 aromatic rings. The lowest BCUT2D eigenvalue weighted by atomic mass is 10.2. The summed E-state index contributed by atoms with van der Waals surface area (Å²) in [6, 6.07) is 13.4. The summed E-state index contributed by atoms with van der Waals surface area (Å²) >= 11 is 0. The minimum Gasteiger partial charge on any atom is -0.336 e. The number of carbonyl (C=O) groups is 3. The van der Waals surface area contributed by atoms with E-state index in [2.05, 4.69) is 21.3 Å². The van der Waals surface area contributed by atoms with Gasteiger partial charge in [0.2, 0.25) is 5.91 Å². The number of amides is 5. The van der Waals surface area contributed by atoms with E-state index in [4.69, 9.17) is 0 Å². The molecule has 8 nitrogen and oxygen atoms in total. The van der Waals surface area contributed by atoms with E-state index in [1.165, 1.54) is 0 Å². The highest BCUT2D eigenvalue weighted by atomic mass is 16.2. The number of nitrogens with one attached hydrogen (secondary N) is 4. The van der Waals surface area contributed by atoms with Crippen molar-refractivity contribution >= 4 is 40.7 Å². The van der Waals surface area contributed by atoms with Crippen molar-refractivity contribution in [3.8, 4) is 0 Å². The van der Waals surface area contributed by atoms with Gasteiger partial charge in [-0.3, -0.25) is 9.69 Å². The molecule has 0 spiro atoms. The zero-order valence-electron chi connectivity index (χ0n) is 14.9. The average molecular weight is 367 g/mol. The maximum atomic E-state index is 12.2. The van der Waals surface area contributed by atoms with Gasteiger partial charge in [-0.1, -0.05) is 13.0 Å². The molecule has 2 aromatic carbocycles. The number of rotatable bonds is 5. The van der Waals surface area contributed by atoms with Crippen molar-refractivity contribution < 1.29 is 14.4 Å². The molecule has 0 saturated carbocycles. The van der Waals surface area contributed by atoms with Gasteiger partial charge in [0.25, 0.3) is 0 Å². The Labute approximate surface area is 156 Å². The normalized spacial score (nSPS) is 13.1. The van der Waals surface area contributed by atoms with Gasteiger partial charge in [0.15, 0.2) is 0 Å². The molecule has 8 heteroatoms. The second-order valence-electron chi connectivity index (χ2n) is 5.99. The number of anilines is 4. The largest absolute Gasteiger partial charge is 0.336 e. The number of carbonyl (C=O) groups excluding carboxylic acids is 3. The quantitative estimate of drug-likeness (QED) is 0.652. The van der Waals surface area contributed by atoms with Crippen LogP contribution in [0.3, 0.4) is 0 Å². The Morgan fingerprint density at radius 3 is 2.30 bits per heavy atom. The predicted octanol–water partition coefficient (Wildman–Crippen LogP) is 3.21. The van der Waals surface area contributed by atoms with Crippen molar-refractivity contribution in [2.24, 2.45) is 0 Å². The van der Waals surface area contributed by atoms with Gasteiger partial charge >= 0.3 is 12.1 Å². The van der Waals surface area contributed by atoms with Gasteiger partial charge in [-0.25, -0.2) is 9.59 Å². The Morgan fingerprint density at radius 1 is 1.00 bits per heavy atom. The first kappa shape index (κ1) is 18.2. The van der Waals surface area contributed by atoms with Crippen molar-refractivity contribution in [3.63, 3.8) is 0 Å². The van der Waals surface area contributed by atoms with E-state index in [1.54, 1.807) is 54.3 Å². The number of hydrogen-bond acceptors (Lipinski definition) is 3. The van der Waals surface area contributed by atoms with E-state index in [0.29, 0.717) is 36.6 Å². The monoisotopic (exact) mass is 367 g/mol. The first-order chi connectivity index (χ1) is 13.0. The SMILES string of the molecule is CCC(=O)Nc1ccc(NC(=O)Nc2cccc(N3CCNC3=O)c2)cc1. The number of hydrogen-bond donors (Lipinski definition) is 4. The molecule has 0 atom stereocenters. The molecule has 0 radical (unpaired) electrons. The molecule has 0 aromatic heterocycles. The topological polar surface area (TPSA) is 103 Å². The Balaban J connectivity index is 1.59.